The second-order valence-corrected chi connectivity index (χ2v) is 5.28. The average molecular weight is 218 g/mol. The van der Waals surface area contributed by atoms with E-state index in [4.69, 9.17) is 5.73 Å². The molecule has 0 radical (unpaired) electrons. The molecule has 16 heavy (non-hydrogen) atoms. The molecule has 0 aliphatic heterocycles. The van der Waals surface area contributed by atoms with E-state index in [1.54, 1.807) is 0 Å². The predicted octanol–water partition coefficient (Wildman–Crippen LogP) is 3.01. The fourth-order valence-corrected chi connectivity index (χ4v) is 2.70. The zero-order valence-corrected chi connectivity index (χ0v) is 10.1. The molecule has 0 aromatic heterocycles. The summed E-state index contributed by atoms with van der Waals surface area (Å²) in [6.45, 7) is 3.20. The van der Waals surface area contributed by atoms with Gasteiger partial charge < -0.3 is 11.1 Å². The van der Waals surface area contributed by atoms with E-state index in [1.165, 1.54) is 18.5 Å². The Kier molecular flexibility index (Phi) is 3.49. The molecule has 88 valence electrons. The van der Waals surface area contributed by atoms with Crippen LogP contribution in [0.4, 0.5) is 5.69 Å². The van der Waals surface area contributed by atoms with Crippen LogP contribution in [0.25, 0.3) is 0 Å². The summed E-state index contributed by atoms with van der Waals surface area (Å²) in [5, 5.41) is 3.45. The van der Waals surface area contributed by atoms with Crippen LogP contribution in [-0.4, -0.2) is 12.1 Å². The zero-order chi connectivity index (χ0) is 11.4. The molecule has 0 heterocycles. The summed E-state index contributed by atoms with van der Waals surface area (Å²) in [5.74, 6) is 0.774. The zero-order valence-electron chi connectivity index (χ0n) is 10.1. The Labute approximate surface area is 98.2 Å². The quantitative estimate of drug-likeness (QED) is 0.818. The van der Waals surface area contributed by atoms with Crippen molar-refractivity contribution in [3.05, 3.63) is 30.3 Å². The molecular formula is C14H22N2. The predicted molar refractivity (Wildman–Crippen MR) is 69.5 cm³/mol. The number of rotatable bonds is 3. The first-order chi connectivity index (χ1) is 7.68. The number of nitrogens with two attached hydrogens (primary N) is 1. The van der Waals surface area contributed by atoms with Crippen molar-refractivity contribution in [1.29, 1.82) is 0 Å². The van der Waals surface area contributed by atoms with E-state index in [0.717, 1.165) is 25.3 Å². The first-order valence-electron chi connectivity index (χ1n) is 6.26. The van der Waals surface area contributed by atoms with Crippen molar-refractivity contribution in [2.45, 2.75) is 38.1 Å². The van der Waals surface area contributed by atoms with Crippen LogP contribution in [0, 0.1) is 5.92 Å². The van der Waals surface area contributed by atoms with Gasteiger partial charge in [-0.1, -0.05) is 38.0 Å². The van der Waals surface area contributed by atoms with Crippen LogP contribution in [0.5, 0.6) is 0 Å². The fourth-order valence-electron chi connectivity index (χ4n) is 2.70. The SMILES string of the molecule is CC1CCCC(N)(CNc2ccccc2)C1. The Morgan fingerprint density at radius 2 is 2.12 bits per heavy atom. The largest absolute Gasteiger partial charge is 0.383 e. The maximum atomic E-state index is 6.43. The van der Waals surface area contributed by atoms with Crippen LogP contribution < -0.4 is 11.1 Å². The van der Waals surface area contributed by atoms with Gasteiger partial charge in [0.25, 0.3) is 0 Å². The molecule has 0 spiro atoms. The summed E-state index contributed by atoms with van der Waals surface area (Å²) in [6.07, 6.45) is 4.91. The smallest absolute Gasteiger partial charge is 0.0340 e. The highest BCUT2D eigenvalue weighted by Gasteiger charge is 2.30. The molecule has 1 aliphatic carbocycles. The Hall–Kier alpha value is -1.02. The molecular weight excluding hydrogens is 196 g/mol. The van der Waals surface area contributed by atoms with Crippen LogP contribution in [0.15, 0.2) is 30.3 Å². The third-order valence-corrected chi connectivity index (χ3v) is 3.54. The van der Waals surface area contributed by atoms with Gasteiger partial charge in [0.05, 0.1) is 0 Å². The van der Waals surface area contributed by atoms with Gasteiger partial charge >= 0.3 is 0 Å². The van der Waals surface area contributed by atoms with Gasteiger partial charge in [-0.05, 0) is 30.9 Å². The van der Waals surface area contributed by atoms with Crippen LogP contribution in [-0.2, 0) is 0 Å². The van der Waals surface area contributed by atoms with Crippen LogP contribution >= 0.6 is 0 Å². The average Bonchev–Trinajstić information content (AvgIpc) is 2.28. The van der Waals surface area contributed by atoms with E-state index in [1.807, 2.05) is 6.07 Å². The van der Waals surface area contributed by atoms with Crippen molar-refractivity contribution in [2.75, 3.05) is 11.9 Å². The van der Waals surface area contributed by atoms with Gasteiger partial charge in [0.1, 0.15) is 0 Å². The lowest BCUT2D eigenvalue weighted by Crippen LogP contribution is -2.49. The van der Waals surface area contributed by atoms with E-state index in [0.29, 0.717) is 0 Å². The molecule has 0 amide bonds. The van der Waals surface area contributed by atoms with Gasteiger partial charge in [-0.3, -0.25) is 0 Å². The highest BCUT2D eigenvalue weighted by molar-refractivity contribution is 5.42. The summed E-state index contributed by atoms with van der Waals surface area (Å²) < 4.78 is 0. The van der Waals surface area contributed by atoms with Crippen molar-refractivity contribution in [3.8, 4) is 0 Å². The monoisotopic (exact) mass is 218 g/mol. The van der Waals surface area contributed by atoms with Gasteiger partial charge in [-0.25, -0.2) is 0 Å². The molecule has 2 atom stereocenters. The van der Waals surface area contributed by atoms with Crippen molar-refractivity contribution in [2.24, 2.45) is 11.7 Å². The van der Waals surface area contributed by atoms with E-state index in [2.05, 4.69) is 36.5 Å². The third kappa shape index (κ3) is 2.99. The molecule has 1 fully saturated rings. The van der Waals surface area contributed by atoms with E-state index in [-0.39, 0.29) is 5.54 Å². The maximum absolute atomic E-state index is 6.43. The second-order valence-electron chi connectivity index (χ2n) is 5.28. The Bertz CT molecular complexity index is 323. The van der Waals surface area contributed by atoms with Gasteiger partial charge in [0, 0.05) is 17.8 Å². The molecule has 0 saturated heterocycles. The Morgan fingerprint density at radius 1 is 1.38 bits per heavy atom. The van der Waals surface area contributed by atoms with Crippen LogP contribution in [0.3, 0.4) is 0 Å². The lowest BCUT2D eigenvalue weighted by molar-refractivity contribution is 0.248. The van der Waals surface area contributed by atoms with Gasteiger partial charge in [0.15, 0.2) is 0 Å². The summed E-state index contributed by atoms with van der Waals surface area (Å²) in [7, 11) is 0. The topological polar surface area (TPSA) is 38.0 Å². The summed E-state index contributed by atoms with van der Waals surface area (Å²) in [5.41, 5.74) is 7.60. The Balaban J connectivity index is 1.89. The van der Waals surface area contributed by atoms with Crippen LogP contribution in [0.2, 0.25) is 0 Å². The summed E-state index contributed by atoms with van der Waals surface area (Å²) >= 11 is 0. The number of para-hydroxylation sites is 1. The number of hydrogen-bond donors (Lipinski definition) is 2. The van der Waals surface area contributed by atoms with Crippen molar-refractivity contribution in [1.82, 2.24) is 0 Å². The van der Waals surface area contributed by atoms with E-state index < -0.39 is 0 Å². The first kappa shape index (κ1) is 11.5. The number of nitrogens with one attached hydrogen (secondary N) is 1. The molecule has 1 aromatic rings. The Morgan fingerprint density at radius 3 is 2.81 bits per heavy atom. The van der Waals surface area contributed by atoms with Crippen molar-refractivity contribution >= 4 is 5.69 Å². The van der Waals surface area contributed by atoms with Crippen molar-refractivity contribution < 1.29 is 0 Å². The highest BCUT2D eigenvalue weighted by atomic mass is 14.9. The third-order valence-electron chi connectivity index (χ3n) is 3.54. The normalized spacial score (nSPS) is 30.0. The molecule has 0 bridgehead atoms. The standard InChI is InChI=1S/C14H22N2/c1-12-6-5-9-14(15,10-12)11-16-13-7-3-2-4-8-13/h2-4,7-8,12,16H,5-6,9-11,15H2,1H3. The summed E-state index contributed by atoms with van der Waals surface area (Å²) in [4.78, 5) is 0. The lowest BCUT2D eigenvalue weighted by atomic mass is 9.77. The minimum absolute atomic E-state index is 0.00644. The lowest BCUT2D eigenvalue weighted by Gasteiger charge is -2.37. The van der Waals surface area contributed by atoms with Gasteiger partial charge in [-0.2, -0.15) is 0 Å². The molecule has 1 aliphatic rings. The van der Waals surface area contributed by atoms with Crippen molar-refractivity contribution in [3.63, 3.8) is 0 Å². The number of benzene rings is 1. The first-order valence-corrected chi connectivity index (χ1v) is 6.26. The molecule has 2 nitrogen and oxygen atoms in total. The number of anilines is 1. The highest BCUT2D eigenvalue weighted by Crippen LogP contribution is 2.30. The van der Waals surface area contributed by atoms with Gasteiger partial charge in [-0.15, -0.1) is 0 Å². The van der Waals surface area contributed by atoms with E-state index >= 15 is 0 Å². The number of hydrogen-bond acceptors (Lipinski definition) is 2. The summed E-state index contributed by atoms with van der Waals surface area (Å²) in [6, 6.07) is 10.3. The second kappa shape index (κ2) is 4.88. The minimum atomic E-state index is -0.00644. The maximum Gasteiger partial charge on any atom is 0.0340 e. The minimum Gasteiger partial charge on any atom is -0.383 e. The van der Waals surface area contributed by atoms with Crippen LogP contribution in [0.1, 0.15) is 32.6 Å². The molecule has 2 heteroatoms. The molecule has 2 rings (SSSR count). The van der Waals surface area contributed by atoms with Gasteiger partial charge in [0.2, 0.25) is 0 Å². The van der Waals surface area contributed by atoms with E-state index in [9.17, 15) is 0 Å². The molecule has 3 N–H and O–H groups in total. The molecule has 1 saturated carbocycles. The molecule has 1 aromatic carbocycles. The molecule has 2 unspecified atom stereocenters. The fraction of sp³-hybridized carbons (Fsp3) is 0.571.